The molecule has 0 spiro atoms. The second kappa shape index (κ2) is 5.59. The van der Waals surface area contributed by atoms with Gasteiger partial charge in [-0.25, -0.2) is 0 Å². The normalized spacial score (nSPS) is 20.1. The van der Waals surface area contributed by atoms with E-state index in [4.69, 9.17) is 17.2 Å². The maximum absolute atomic E-state index is 9.74. The third-order valence-corrected chi connectivity index (χ3v) is 2.42. The molecule has 0 fully saturated rings. The molecule has 9 N–H and O–H groups in total. The highest BCUT2D eigenvalue weighted by Crippen LogP contribution is 2.20. The number of hydrogen-bond donors (Lipinski definition) is 6. The summed E-state index contributed by atoms with van der Waals surface area (Å²) in [7, 11) is 0. The van der Waals surface area contributed by atoms with Gasteiger partial charge in [-0.15, -0.1) is 0 Å². The van der Waals surface area contributed by atoms with Crippen LogP contribution in [0.25, 0.3) is 0 Å². The summed E-state index contributed by atoms with van der Waals surface area (Å²) in [5, 5.41) is 22.0. The fraction of sp³-hybridized carbons (Fsp3) is 1.00. The molecule has 0 aliphatic rings. The lowest BCUT2D eigenvalue weighted by atomic mass is 9.85. The lowest BCUT2D eigenvalue weighted by Crippen LogP contribution is -2.69. The number of nitrogens with two attached hydrogens (primary N) is 3. The van der Waals surface area contributed by atoms with Crippen LogP contribution in [0, 0.1) is 0 Å². The van der Waals surface area contributed by atoms with Crippen LogP contribution in [0.3, 0.4) is 0 Å². The first-order chi connectivity index (χ1) is 6.43. The van der Waals surface area contributed by atoms with E-state index in [1.807, 2.05) is 0 Å². The Bertz CT molecular complexity index is 160. The second-order valence-electron chi connectivity index (χ2n) is 3.64. The predicted molar refractivity (Wildman–Crippen MR) is 55.4 cm³/mol. The van der Waals surface area contributed by atoms with Crippen molar-refractivity contribution < 1.29 is 10.2 Å². The molecule has 0 rings (SSSR count). The van der Waals surface area contributed by atoms with Gasteiger partial charge in [-0.3, -0.25) is 0 Å². The molecule has 6 nitrogen and oxygen atoms in total. The number of rotatable bonds is 7. The molecule has 2 atom stereocenters. The molecular formula is C8H22N4O2. The van der Waals surface area contributed by atoms with E-state index in [9.17, 15) is 10.2 Å². The van der Waals surface area contributed by atoms with Crippen molar-refractivity contribution in [3.05, 3.63) is 0 Å². The van der Waals surface area contributed by atoms with Crippen molar-refractivity contribution in [3.63, 3.8) is 0 Å². The van der Waals surface area contributed by atoms with E-state index < -0.39 is 11.3 Å². The summed E-state index contributed by atoms with van der Waals surface area (Å²) in [6.45, 7) is 2.35. The van der Waals surface area contributed by atoms with Crippen molar-refractivity contribution in [2.45, 2.75) is 24.6 Å². The fourth-order valence-corrected chi connectivity index (χ4v) is 1.37. The van der Waals surface area contributed by atoms with Gasteiger partial charge >= 0.3 is 0 Å². The van der Waals surface area contributed by atoms with Crippen LogP contribution in [0.2, 0.25) is 0 Å². The maximum atomic E-state index is 9.74. The topological polar surface area (TPSA) is 131 Å². The van der Waals surface area contributed by atoms with E-state index in [2.05, 4.69) is 5.32 Å². The predicted octanol–water partition coefficient (Wildman–Crippen LogP) is -2.72. The average molecular weight is 206 g/mol. The largest absolute Gasteiger partial charge is 0.394 e. The van der Waals surface area contributed by atoms with E-state index in [0.717, 1.165) is 0 Å². The minimum absolute atomic E-state index is 0.284. The van der Waals surface area contributed by atoms with Crippen molar-refractivity contribution in [1.82, 2.24) is 5.32 Å². The highest BCUT2D eigenvalue weighted by Gasteiger charge is 2.43. The summed E-state index contributed by atoms with van der Waals surface area (Å²) in [5.74, 6) is 0. The molecule has 0 amide bonds. The molecule has 0 saturated heterocycles. The van der Waals surface area contributed by atoms with Gasteiger partial charge in [0.15, 0.2) is 0 Å². The van der Waals surface area contributed by atoms with Gasteiger partial charge in [-0.1, -0.05) is 0 Å². The van der Waals surface area contributed by atoms with Crippen LogP contribution >= 0.6 is 0 Å². The van der Waals surface area contributed by atoms with E-state index in [-0.39, 0.29) is 6.61 Å². The van der Waals surface area contributed by atoms with Crippen molar-refractivity contribution in [3.8, 4) is 0 Å². The van der Waals surface area contributed by atoms with Gasteiger partial charge in [0.1, 0.15) is 5.72 Å². The summed E-state index contributed by atoms with van der Waals surface area (Å²) in [6.07, 6.45) is 0.382. The quantitative estimate of drug-likeness (QED) is 0.251. The minimum Gasteiger partial charge on any atom is -0.394 e. The number of hydrogen-bond acceptors (Lipinski definition) is 6. The van der Waals surface area contributed by atoms with E-state index in [1.165, 1.54) is 6.92 Å². The van der Waals surface area contributed by atoms with Gasteiger partial charge in [0.2, 0.25) is 0 Å². The average Bonchev–Trinajstić information content (AvgIpc) is 2.10. The molecule has 86 valence electrons. The zero-order valence-corrected chi connectivity index (χ0v) is 8.66. The lowest BCUT2D eigenvalue weighted by molar-refractivity contribution is -0.0608. The monoisotopic (exact) mass is 206 g/mol. The Balaban J connectivity index is 4.60. The smallest absolute Gasteiger partial charge is 0.131 e. The van der Waals surface area contributed by atoms with E-state index in [1.54, 1.807) is 0 Å². The molecule has 0 aromatic carbocycles. The molecule has 0 aliphatic heterocycles. The first-order valence-electron chi connectivity index (χ1n) is 4.71. The summed E-state index contributed by atoms with van der Waals surface area (Å²) in [4.78, 5) is 0. The highest BCUT2D eigenvalue weighted by molar-refractivity contribution is 5.00. The zero-order valence-electron chi connectivity index (χ0n) is 8.66. The molecule has 0 heterocycles. The van der Waals surface area contributed by atoms with Gasteiger partial charge in [0.05, 0.1) is 12.1 Å². The van der Waals surface area contributed by atoms with E-state index in [0.29, 0.717) is 26.1 Å². The molecule has 0 radical (unpaired) electrons. The molecule has 0 aliphatic carbocycles. The van der Waals surface area contributed by atoms with Crippen LogP contribution in [-0.2, 0) is 0 Å². The first kappa shape index (κ1) is 13.8. The standard InChI is InChI=1S/C8H22N4O2/c1-7(11,14)8(6-13,2-3-9)12-5-4-10/h12-14H,2-6,9-11H2,1H3. The molecule has 0 aromatic heterocycles. The minimum atomic E-state index is -1.53. The molecule has 0 saturated carbocycles. The fourth-order valence-electron chi connectivity index (χ4n) is 1.37. The van der Waals surface area contributed by atoms with Crippen LogP contribution < -0.4 is 22.5 Å². The summed E-state index contributed by atoms with van der Waals surface area (Å²) in [5.41, 5.74) is 13.8. The lowest BCUT2D eigenvalue weighted by Gasteiger charge is -2.42. The molecule has 6 heteroatoms. The van der Waals surface area contributed by atoms with Gasteiger partial charge in [-0.2, -0.15) is 0 Å². The number of aliphatic hydroxyl groups is 2. The second-order valence-corrected chi connectivity index (χ2v) is 3.64. The Hall–Kier alpha value is -0.240. The Morgan fingerprint density at radius 2 is 1.86 bits per heavy atom. The Morgan fingerprint density at radius 3 is 2.14 bits per heavy atom. The highest BCUT2D eigenvalue weighted by atomic mass is 16.3. The third-order valence-electron chi connectivity index (χ3n) is 2.42. The molecular weight excluding hydrogens is 184 g/mol. The van der Waals surface area contributed by atoms with Crippen molar-refractivity contribution in [2.24, 2.45) is 17.2 Å². The Morgan fingerprint density at radius 1 is 1.29 bits per heavy atom. The first-order valence-corrected chi connectivity index (χ1v) is 4.71. The third kappa shape index (κ3) is 3.16. The molecule has 0 aromatic rings. The molecule has 14 heavy (non-hydrogen) atoms. The molecule has 2 unspecified atom stereocenters. The van der Waals surface area contributed by atoms with Crippen molar-refractivity contribution in [1.29, 1.82) is 0 Å². The Labute approximate surface area is 84.5 Å². The number of aliphatic hydroxyl groups excluding tert-OH is 1. The Kier molecular flexibility index (Phi) is 5.50. The van der Waals surface area contributed by atoms with Crippen LogP contribution in [0.5, 0.6) is 0 Å². The summed E-state index contributed by atoms with van der Waals surface area (Å²) < 4.78 is 0. The van der Waals surface area contributed by atoms with Crippen LogP contribution in [0.4, 0.5) is 0 Å². The van der Waals surface area contributed by atoms with Gasteiger partial charge in [-0.05, 0) is 19.9 Å². The van der Waals surface area contributed by atoms with Crippen LogP contribution in [-0.4, -0.2) is 47.7 Å². The SMILES string of the molecule is CC(N)(O)C(CO)(CCN)NCCN. The summed E-state index contributed by atoms with van der Waals surface area (Å²) in [6, 6.07) is 0. The van der Waals surface area contributed by atoms with Gasteiger partial charge in [0.25, 0.3) is 0 Å². The van der Waals surface area contributed by atoms with E-state index >= 15 is 0 Å². The summed E-state index contributed by atoms with van der Waals surface area (Å²) >= 11 is 0. The van der Waals surface area contributed by atoms with Gasteiger partial charge in [0, 0.05) is 13.1 Å². The maximum Gasteiger partial charge on any atom is 0.131 e. The van der Waals surface area contributed by atoms with Crippen LogP contribution in [0.1, 0.15) is 13.3 Å². The van der Waals surface area contributed by atoms with Crippen LogP contribution in [0.15, 0.2) is 0 Å². The van der Waals surface area contributed by atoms with Crippen molar-refractivity contribution in [2.75, 3.05) is 26.2 Å². The van der Waals surface area contributed by atoms with Crippen molar-refractivity contribution >= 4 is 0 Å². The van der Waals surface area contributed by atoms with Gasteiger partial charge < -0.3 is 32.7 Å². The zero-order chi connectivity index (χ0) is 11.2. The number of nitrogens with one attached hydrogen (secondary N) is 1. The molecule has 0 bridgehead atoms.